The molecular weight excluding hydrogens is 244 g/mol. The van der Waals surface area contributed by atoms with Crippen LogP contribution in [0.4, 0.5) is 0 Å². The predicted molar refractivity (Wildman–Crippen MR) is 68.7 cm³/mol. The van der Waals surface area contributed by atoms with E-state index in [9.17, 15) is 4.79 Å². The van der Waals surface area contributed by atoms with Gasteiger partial charge in [0.05, 0.1) is 0 Å². The van der Waals surface area contributed by atoms with Crippen LogP contribution in [0.5, 0.6) is 0 Å². The molecule has 5 nitrogen and oxygen atoms in total. The molecule has 0 aromatic carbocycles. The van der Waals surface area contributed by atoms with E-state index in [1.165, 1.54) is 6.42 Å². The van der Waals surface area contributed by atoms with Gasteiger partial charge >= 0.3 is 5.97 Å². The van der Waals surface area contributed by atoms with Gasteiger partial charge in [0.25, 0.3) is 0 Å². The summed E-state index contributed by atoms with van der Waals surface area (Å²) in [7, 11) is 2.06. The van der Waals surface area contributed by atoms with Crippen LogP contribution < -0.4 is 0 Å². The van der Waals surface area contributed by atoms with Crippen molar-refractivity contribution in [2.24, 2.45) is 0 Å². The second-order valence-electron chi connectivity index (χ2n) is 5.56. The van der Waals surface area contributed by atoms with Gasteiger partial charge in [-0.15, -0.1) is 0 Å². The molecule has 2 saturated heterocycles. The molecule has 0 radical (unpaired) electrons. The van der Waals surface area contributed by atoms with Gasteiger partial charge in [-0.25, -0.2) is 4.79 Å². The lowest BCUT2D eigenvalue weighted by Gasteiger charge is -2.41. The second-order valence-corrected chi connectivity index (χ2v) is 5.56. The number of hydrogen-bond donors (Lipinski definition) is 0. The lowest BCUT2D eigenvalue weighted by molar-refractivity contribution is -0.116. The number of aromatic nitrogens is 1. The summed E-state index contributed by atoms with van der Waals surface area (Å²) in [5.74, 6) is 0.351. The van der Waals surface area contributed by atoms with Gasteiger partial charge in [0.1, 0.15) is 5.76 Å². The zero-order chi connectivity index (χ0) is 13.5. The van der Waals surface area contributed by atoms with Crippen LogP contribution in [0, 0.1) is 0 Å². The Morgan fingerprint density at radius 1 is 1.58 bits per heavy atom. The van der Waals surface area contributed by atoms with Crippen LogP contribution in [0.2, 0.25) is 0 Å². The van der Waals surface area contributed by atoms with Crippen LogP contribution in [-0.4, -0.2) is 34.8 Å². The zero-order valence-electron chi connectivity index (χ0n) is 11.5. The number of piperidine rings is 1. The Hall–Kier alpha value is -1.36. The fraction of sp³-hybridized carbons (Fsp3) is 0.714. The van der Waals surface area contributed by atoms with Gasteiger partial charge in [-0.05, 0) is 26.3 Å². The summed E-state index contributed by atoms with van der Waals surface area (Å²) >= 11 is 0. The van der Waals surface area contributed by atoms with Crippen molar-refractivity contribution in [3.63, 3.8) is 0 Å². The molecule has 3 rings (SSSR count). The molecule has 2 aliphatic rings. The lowest BCUT2D eigenvalue weighted by Crippen LogP contribution is -2.50. The quantitative estimate of drug-likeness (QED) is 0.784. The average Bonchev–Trinajstić information content (AvgIpc) is 2.92. The molecule has 19 heavy (non-hydrogen) atoms. The van der Waals surface area contributed by atoms with Crippen molar-refractivity contribution in [1.29, 1.82) is 0 Å². The van der Waals surface area contributed by atoms with Gasteiger partial charge in [-0.1, -0.05) is 12.1 Å². The SMILES string of the molecule is CCc1cc(C(=O)OC23CCCC(CC2)N3C)no1. The minimum atomic E-state index is -0.411. The topological polar surface area (TPSA) is 55.6 Å². The number of carbonyl (C=O) groups is 1. The molecule has 0 N–H and O–H groups in total. The third-order valence-electron chi connectivity index (χ3n) is 4.56. The average molecular weight is 264 g/mol. The van der Waals surface area contributed by atoms with Crippen molar-refractivity contribution < 1.29 is 14.1 Å². The molecular formula is C14H20N2O3. The Labute approximate surface area is 112 Å². The van der Waals surface area contributed by atoms with E-state index in [1.807, 2.05) is 6.92 Å². The first kappa shape index (κ1) is 12.7. The molecule has 2 atom stereocenters. The summed E-state index contributed by atoms with van der Waals surface area (Å²) in [4.78, 5) is 14.4. The van der Waals surface area contributed by atoms with E-state index >= 15 is 0 Å². The van der Waals surface area contributed by atoms with Gasteiger partial charge < -0.3 is 9.26 Å². The van der Waals surface area contributed by atoms with Crippen LogP contribution in [0.15, 0.2) is 10.6 Å². The highest BCUT2D eigenvalue weighted by Gasteiger charge is 2.49. The van der Waals surface area contributed by atoms with E-state index in [-0.39, 0.29) is 11.7 Å². The van der Waals surface area contributed by atoms with E-state index in [0.29, 0.717) is 11.8 Å². The number of hydrogen-bond acceptors (Lipinski definition) is 5. The molecule has 0 spiro atoms. The minimum Gasteiger partial charge on any atom is -0.439 e. The Kier molecular flexibility index (Phi) is 3.09. The Balaban J connectivity index is 1.75. The predicted octanol–water partition coefficient (Wildman–Crippen LogP) is 2.37. The van der Waals surface area contributed by atoms with Crippen molar-refractivity contribution in [2.45, 2.75) is 57.2 Å². The van der Waals surface area contributed by atoms with Crippen LogP contribution in [-0.2, 0) is 11.2 Å². The van der Waals surface area contributed by atoms with E-state index < -0.39 is 5.72 Å². The maximum Gasteiger partial charge on any atom is 0.362 e. The largest absolute Gasteiger partial charge is 0.439 e. The lowest BCUT2D eigenvalue weighted by atomic mass is 10.0. The maximum absolute atomic E-state index is 12.2. The molecule has 0 saturated carbocycles. The van der Waals surface area contributed by atoms with Gasteiger partial charge in [0.15, 0.2) is 11.4 Å². The molecule has 1 aromatic rings. The Morgan fingerprint density at radius 2 is 2.42 bits per heavy atom. The van der Waals surface area contributed by atoms with Crippen molar-refractivity contribution >= 4 is 5.97 Å². The first-order chi connectivity index (χ1) is 9.14. The number of fused-ring (bicyclic) bond motifs is 2. The van der Waals surface area contributed by atoms with Crippen LogP contribution in [0.25, 0.3) is 0 Å². The number of ether oxygens (including phenoxy) is 1. The summed E-state index contributed by atoms with van der Waals surface area (Å²) in [6, 6.07) is 2.24. The first-order valence-corrected chi connectivity index (χ1v) is 7.06. The fourth-order valence-electron chi connectivity index (χ4n) is 3.32. The number of nitrogens with zero attached hydrogens (tertiary/aromatic N) is 2. The van der Waals surface area contributed by atoms with E-state index in [0.717, 1.165) is 32.1 Å². The fourth-order valence-corrected chi connectivity index (χ4v) is 3.32. The van der Waals surface area contributed by atoms with Crippen molar-refractivity contribution in [3.8, 4) is 0 Å². The molecule has 2 unspecified atom stereocenters. The van der Waals surface area contributed by atoms with Crippen LogP contribution in [0.3, 0.4) is 0 Å². The molecule has 104 valence electrons. The minimum absolute atomic E-state index is 0.286. The molecule has 0 aliphatic carbocycles. The molecule has 5 heteroatoms. The summed E-state index contributed by atoms with van der Waals surface area (Å²) in [5, 5.41) is 3.79. The standard InChI is InChI=1S/C14H20N2O3/c1-3-11-9-12(15-19-11)13(17)18-14-7-4-5-10(6-8-14)16(14)2/h9-10H,3-8H2,1-2H3. The third kappa shape index (κ3) is 2.06. The van der Waals surface area contributed by atoms with Gasteiger partial charge in [-0.2, -0.15) is 0 Å². The molecule has 1 aromatic heterocycles. The van der Waals surface area contributed by atoms with Crippen LogP contribution >= 0.6 is 0 Å². The number of aryl methyl sites for hydroxylation is 1. The van der Waals surface area contributed by atoms with Crippen molar-refractivity contribution in [1.82, 2.24) is 10.1 Å². The Bertz CT molecular complexity index is 481. The van der Waals surface area contributed by atoms with E-state index in [2.05, 4.69) is 17.1 Å². The maximum atomic E-state index is 12.2. The molecule has 2 fully saturated rings. The molecule has 2 bridgehead atoms. The Morgan fingerprint density at radius 3 is 3.16 bits per heavy atom. The highest BCUT2D eigenvalue weighted by molar-refractivity contribution is 5.87. The van der Waals surface area contributed by atoms with E-state index in [1.54, 1.807) is 6.07 Å². The number of rotatable bonds is 3. The molecule has 2 aliphatic heterocycles. The van der Waals surface area contributed by atoms with Gasteiger partial charge in [0, 0.05) is 31.4 Å². The number of esters is 1. The van der Waals surface area contributed by atoms with E-state index in [4.69, 9.17) is 9.26 Å². The molecule has 3 heterocycles. The smallest absolute Gasteiger partial charge is 0.362 e. The monoisotopic (exact) mass is 264 g/mol. The highest BCUT2D eigenvalue weighted by atomic mass is 16.6. The normalized spacial score (nSPS) is 30.5. The van der Waals surface area contributed by atoms with Gasteiger partial charge in [0.2, 0.25) is 0 Å². The number of carbonyl (C=O) groups excluding carboxylic acids is 1. The van der Waals surface area contributed by atoms with Crippen molar-refractivity contribution in [3.05, 3.63) is 17.5 Å². The highest BCUT2D eigenvalue weighted by Crippen LogP contribution is 2.43. The summed E-state index contributed by atoms with van der Waals surface area (Å²) in [6.07, 6.45) is 6.03. The summed E-state index contributed by atoms with van der Waals surface area (Å²) in [5.41, 5.74) is -0.126. The first-order valence-electron chi connectivity index (χ1n) is 7.06. The van der Waals surface area contributed by atoms with Crippen LogP contribution in [0.1, 0.15) is 55.3 Å². The second kappa shape index (κ2) is 4.63. The van der Waals surface area contributed by atoms with Gasteiger partial charge in [-0.3, -0.25) is 4.90 Å². The third-order valence-corrected chi connectivity index (χ3v) is 4.56. The summed E-state index contributed by atoms with van der Waals surface area (Å²) in [6.45, 7) is 1.96. The summed E-state index contributed by atoms with van der Waals surface area (Å²) < 4.78 is 10.9. The molecule has 0 amide bonds. The zero-order valence-corrected chi connectivity index (χ0v) is 11.5. The van der Waals surface area contributed by atoms with Crippen molar-refractivity contribution in [2.75, 3.05) is 7.05 Å².